The Hall–Kier alpha value is -0.350. The van der Waals surface area contributed by atoms with Crippen LogP contribution in [-0.2, 0) is 0 Å². The Morgan fingerprint density at radius 2 is 1.87 bits per heavy atom. The molecule has 0 bridgehead atoms. The molecular formula is C11H23N3S. The molecule has 0 spiro atoms. The maximum atomic E-state index is 5.23. The largest absolute Gasteiger partial charge is 0.362 e. The first kappa shape index (κ1) is 12.7. The Morgan fingerprint density at radius 1 is 1.20 bits per heavy atom. The Morgan fingerprint density at radius 3 is 2.47 bits per heavy atom. The van der Waals surface area contributed by atoms with E-state index in [0.29, 0.717) is 0 Å². The molecule has 88 valence electrons. The van der Waals surface area contributed by atoms with Gasteiger partial charge in [-0.1, -0.05) is 26.2 Å². The highest BCUT2D eigenvalue weighted by Gasteiger charge is 2.08. The number of hydrogen-bond donors (Lipinski definition) is 2. The van der Waals surface area contributed by atoms with Gasteiger partial charge in [0.2, 0.25) is 0 Å². The number of thiocarbonyl (C=S) groups is 1. The van der Waals surface area contributed by atoms with E-state index in [9.17, 15) is 0 Å². The second-order valence-corrected chi connectivity index (χ2v) is 4.53. The van der Waals surface area contributed by atoms with Gasteiger partial charge in [0.15, 0.2) is 5.11 Å². The molecule has 0 radical (unpaired) electrons. The Labute approximate surface area is 98.6 Å². The van der Waals surface area contributed by atoms with Crippen LogP contribution in [0, 0.1) is 0 Å². The van der Waals surface area contributed by atoms with Gasteiger partial charge >= 0.3 is 0 Å². The van der Waals surface area contributed by atoms with Crippen molar-refractivity contribution >= 4 is 17.3 Å². The molecule has 3 nitrogen and oxygen atoms in total. The van der Waals surface area contributed by atoms with E-state index in [1.54, 1.807) is 0 Å². The summed E-state index contributed by atoms with van der Waals surface area (Å²) in [5, 5.41) is 6.26. The Balaban J connectivity index is 2.12. The first-order chi connectivity index (χ1) is 7.33. The molecule has 0 amide bonds. The quantitative estimate of drug-likeness (QED) is 0.570. The minimum Gasteiger partial charge on any atom is -0.362 e. The third-order valence-corrected chi connectivity index (χ3v) is 2.92. The van der Waals surface area contributed by atoms with Gasteiger partial charge in [0, 0.05) is 19.6 Å². The monoisotopic (exact) mass is 229 g/mol. The Kier molecular flexibility index (Phi) is 6.68. The number of rotatable bonds is 4. The molecule has 0 saturated carbocycles. The van der Waals surface area contributed by atoms with Crippen molar-refractivity contribution < 1.29 is 0 Å². The van der Waals surface area contributed by atoms with Crippen molar-refractivity contribution in [2.75, 3.05) is 19.6 Å². The summed E-state index contributed by atoms with van der Waals surface area (Å²) in [7, 11) is 0. The Bertz CT molecular complexity index is 177. The van der Waals surface area contributed by atoms with E-state index < -0.39 is 0 Å². The average molecular weight is 229 g/mol. The van der Waals surface area contributed by atoms with Crippen molar-refractivity contribution in [3.8, 4) is 0 Å². The van der Waals surface area contributed by atoms with Crippen molar-refractivity contribution in [3.05, 3.63) is 0 Å². The van der Waals surface area contributed by atoms with E-state index in [-0.39, 0.29) is 0 Å². The fourth-order valence-electron chi connectivity index (χ4n) is 1.74. The summed E-state index contributed by atoms with van der Waals surface area (Å²) in [5.41, 5.74) is 3.27. The van der Waals surface area contributed by atoms with E-state index in [1.807, 2.05) is 0 Å². The van der Waals surface area contributed by atoms with Gasteiger partial charge < -0.3 is 5.32 Å². The van der Waals surface area contributed by atoms with Crippen molar-refractivity contribution in [1.29, 1.82) is 0 Å². The van der Waals surface area contributed by atoms with Gasteiger partial charge in [-0.2, -0.15) is 0 Å². The molecular weight excluding hydrogens is 206 g/mol. The van der Waals surface area contributed by atoms with Gasteiger partial charge in [0.1, 0.15) is 0 Å². The average Bonchev–Trinajstić information content (AvgIpc) is 2.47. The van der Waals surface area contributed by atoms with E-state index in [1.165, 1.54) is 38.5 Å². The van der Waals surface area contributed by atoms with Gasteiger partial charge in [-0.25, -0.2) is 5.01 Å². The van der Waals surface area contributed by atoms with Gasteiger partial charge in [-0.3, -0.25) is 5.43 Å². The molecule has 1 rings (SSSR count). The van der Waals surface area contributed by atoms with Crippen LogP contribution in [0.3, 0.4) is 0 Å². The molecule has 1 saturated heterocycles. The van der Waals surface area contributed by atoms with Gasteiger partial charge in [0.05, 0.1) is 0 Å². The first-order valence-corrected chi connectivity index (χ1v) is 6.53. The van der Waals surface area contributed by atoms with E-state index in [0.717, 1.165) is 24.7 Å². The zero-order valence-electron chi connectivity index (χ0n) is 9.72. The van der Waals surface area contributed by atoms with Crippen LogP contribution in [0.2, 0.25) is 0 Å². The number of hydrazine groups is 1. The van der Waals surface area contributed by atoms with Crippen LogP contribution >= 0.6 is 12.2 Å². The summed E-state index contributed by atoms with van der Waals surface area (Å²) in [6, 6.07) is 0. The molecule has 0 aliphatic carbocycles. The fourth-order valence-corrected chi connectivity index (χ4v) is 1.98. The van der Waals surface area contributed by atoms with Crippen LogP contribution in [0.25, 0.3) is 0 Å². The van der Waals surface area contributed by atoms with Crippen LogP contribution < -0.4 is 10.7 Å². The molecule has 1 heterocycles. The van der Waals surface area contributed by atoms with Crippen molar-refractivity contribution in [1.82, 2.24) is 15.8 Å². The number of nitrogens with zero attached hydrogens (tertiary/aromatic N) is 1. The molecule has 15 heavy (non-hydrogen) atoms. The van der Waals surface area contributed by atoms with Crippen LogP contribution in [-0.4, -0.2) is 29.8 Å². The highest BCUT2D eigenvalue weighted by molar-refractivity contribution is 7.80. The van der Waals surface area contributed by atoms with E-state index >= 15 is 0 Å². The van der Waals surface area contributed by atoms with E-state index in [2.05, 4.69) is 22.7 Å². The van der Waals surface area contributed by atoms with Crippen LogP contribution in [0.5, 0.6) is 0 Å². The smallest absolute Gasteiger partial charge is 0.181 e. The summed E-state index contributed by atoms with van der Waals surface area (Å²) in [4.78, 5) is 0. The number of hydrogen-bond acceptors (Lipinski definition) is 2. The SMILES string of the molecule is CCCCNC(=S)NN1CCCCCC1. The summed E-state index contributed by atoms with van der Waals surface area (Å²) >= 11 is 5.23. The molecule has 1 aliphatic heterocycles. The third kappa shape index (κ3) is 5.95. The molecule has 1 fully saturated rings. The summed E-state index contributed by atoms with van der Waals surface area (Å²) in [6.07, 6.45) is 7.67. The zero-order valence-corrected chi connectivity index (χ0v) is 10.5. The lowest BCUT2D eigenvalue weighted by Crippen LogP contribution is -2.47. The van der Waals surface area contributed by atoms with Gasteiger partial charge in [-0.15, -0.1) is 0 Å². The van der Waals surface area contributed by atoms with E-state index in [4.69, 9.17) is 12.2 Å². The van der Waals surface area contributed by atoms with Crippen molar-refractivity contribution in [2.45, 2.75) is 45.4 Å². The zero-order chi connectivity index (χ0) is 10.9. The summed E-state index contributed by atoms with van der Waals surface area (Å²) < 4.78 is 0. The number of unbranched alkanes of at least 4 members (excludes halogenated alkanes) is 1. The normalized spacial score (nSPS) is 18.2. The number of nitrogens with one attached hydrogen (secondary N) is 2. The maximum absolute atomic E-state index is 5.23. The standard InChI is InChI=1S/C11H23N3S/c1-2-3-8-12-11(15)13-14-9-6-4-5-7-10-14/h2-10H2,1H3,(H2,12,13,15). The summed E-state index contributed by atoms with van der Waals surface area (Å²) in [5.74, 6) is 0. The second kappa shape index (κ2) is 7.88. The fraction of sp³-hybridized carbons (Fsp3) is 0.909. The molecule has 0 unspecified atom stereocenters. The second-order valence-electron chi connectivity index (χ2n) is 4.12. The predicted octanol–water partition coefficient (Wildman–Crippen LogP) is 2.04. The molecule has 0 aromatic carbocycles. The minimum atomic E-state index is 0.783. The summed E-state index contributed by atoms with van der Waals surface area (Å²) in [6.45, 7) is 5.41. The maximum Gasteiger partial charge on any atom is 0.181 e. The molecule has 1 aliphatic rings. The van der Waals surface area contributed by atoms with Crippen molar-refractivity contribution in [3.63, 3.8) is 0 Å². The molecule has 0 aromatic heterocycles. The van der Waals surface area contributed by atoms with Crippen molar-refractivity contribution in [2.24, 2.45) is 0 Å². The predicted molar refractivity (Wildman–Crippen MR) is 68.7 cm³/mol. The molecule has 2 N–H and O–H groups in total. The van der Waals surface area contributed by atoms with Crippen LogP contribution in [0.15, 0.2) is 0 Å². The molecule has 0 atom stereocenters. The molecule has 0 aromatic rings. The topological polar surface area (TPSA) is 27.3 Å². The van der Waals surface area contributed by atoms with Crippen LogP contribution in [0.4, 0.5) is 0 Å². The molecule has 4 heteroatoms. The third-order valence-electron chi connectivity index (χ3n) is 2.68. The van der Waals surface area contributed by atoms with Gasteiger partial charge in [0.25, 0.3) is 0 Å². The van der Waals surface area contributed by atoms with Gasteiger partial charge in [-0.05, 0) is 31.5 Å². The highest BCUT2D eigenvalue weighted by Crippen LogP contribution is 2.07. The van der Waals surface area contributed by atoms with Crippen LogP contribution in [0.1, 0.15) is 45.4 Å². The minimum absolute atomic E-state index is 0.783. The lowest BCUT2D eigenvalue weighted by Gasteiger charge is -2.22. The lowest BCUT2D eigenvalue weighted by molar-refractivity contribution is 0.244. The first-order valence-electron chi connectivity index (χ1n) is 6.12. The highest BCUT2D eigenvalue weighted by atomic mass is 32.1. The lowest BCUT2D eigenvalue weighted by atomic mass is 10.2.